The number of hydrogen-bond donors (Lipinski definition) is 2. The highest BCUT2D eigenvalue weighted by atomic mass is 19.4. The first-order chi connectivity index (χ1) is 20.4. The van der Waals surface area contributed by atoms with Crippen LogP contribution in [0.1, 0.15) is 30.7 Å². The number of likely N-dealkylation sites (N-methyl/N-ethyl adjacent to an activating group) is 1. The lowest BCUT2D eigenvalue weighted by molar-refractivity contribution is -0.155. The minimum atomic E-state index is -4.98. The van der Waals surface area contributed by atoms with Gasteiger partial charge in [0.1, 0.15) is 23.4 Å². The third kappa shape index (κ3) is 6.34. The number of hydrogen-bond acceptors (Lipinski definition) is 6. The molecule has 0 bridgehead atoms. The number of hydrazine groups is 1. The molecule has 2 N–H and O–H groups in total. The van der Waals surface area contributed by atoms with Gasteiger partial charge < -0.3 is 10.4 Å². The van der Waals surface area contributed by atoms with E-state index in [4.69, 9.17) is 0 Å². The van der Waals surface area contributed by atoms with Gasteiger partial charge in [0.05, 0.1) is 29.5 Å². The number of benzene rings is 2. The van der Waals surface area contributed by atoms with E-state index in [2.05, 4.69) is 15.3 Å². The summed E-state index contributed by atoms with van der Waals surface area (Å²) in [5.41, 5.74) is -5.59. The van der Waals surface area contributed by atoms with Crippen molar-refractivity contribution in [2.24, 2.45) is 5.92 Å². The summed E-state index contributed by atoms with van der Waals surface area (Å²) >= 11 is 0. The summed E-state index contributed by atoms with van der Waals surface area (Å²) < 4.78 is 109. The lowest BCUT2D eigenvalue weighted by Crippen LogP contribution is -2.57. The van der Waals surface area contributed by atoms with Gasteiger partial charge in [-0.1, -0.05) is 26.0 Å². The molecule has 2 aromatic carbocycles. The Morgan fingerprint density at radius 1 is 1.02 bits per heavy atom. The SMILES string of the molecule is CC(C)[C@@H]1C(O)=C(C(=O)Nc2ccc(C(F)(F)F)cc2-c2cc(C(F)(F)F)ncn2)C(=O)N(Cc2cccc(F)c2F)N1C. The van der Waals surface area contributed by atoms with Crippen LogP contribution in [0.15, 0.2) is 60.1 Å². The Labute approximate surface area is 244 Å². The van der Waals surface area contributed by atoms with E-state index >= 15 is 0 Å². The highest BCUT2D eigenvalue weighted by Gasteiger charge is 2.43. The molecule has 3 aromatic rings. The van der Waals surface area contributed by atoms with Crippen LogP contribution in [0, 0.1) is 17.6 Å². The van der Waals surface area contributed by atoms with Gasteiger partial charge in [-0.15, -0.1) is 0 Å². The Hall–Kier alpha value is -4.60. The number of nitrogens with one attached hydrogen (secondary N) is 1. The van der Waals surface area contributed by atoms with Crippen molar-refractivity contribution in [3.8, 4) is 11.3 Å². The zero-order valence-electron chi connectivity index (χ0n) is 23.1. The summed E-state index contributed by atoms with van der Waals surface area (Å²) in [6.45, 7) is 2.69. The van der Waals surface area contributed by atoms with E-state index in [1.54, 1.807) is 13.8 Å². The summed E-state index contributed by atoms with van der Waals surface area (Å²) in [6.07, 6.45) is -9.43. The van der Waals surface area contributed by atoms with Crippen molar-refractivity contribution < 1.29 is 49.8 Å². The van der Waals surface area contributed by atoms with E-state index in [1.165, 1.54) is 24.2 Å². The molecule has 1 aliphatic heterocycles. The van der Waals surface area contributed by atoms with Gasteiger partial charge in [0.25, 0.3) is 11.8 Å². The number of alkyl halides is 6. The molecule has 2 amide bonds. The van der Waals surface area contributed by atoms with Crippen molar-refractivity contribution in [2.75, 3.05) is 12.4 Å². The van der Waals surface area contributed by atoms with E-state index in [1.807, 2.05) is 0 Å². The summed E-state index contributed by atoms with van der Waals surface area (Å²) in [5, 5.41) is 15.3. The molecule has 0 radical (unpaired) electrons. The van der Waals surface area contributed by atoms with Crippen molar-refractivity contribution in [1.29, 1.82) is 0 Å². The monoisotopic (exact) mass is 629 g/mol. The molecule has 0 unspecified atom stereocenters. The second kappa shape index (κ2) is 11.8. The van der Waals surface area contributed by atoms with Crippen LogP contribution in [-0.2, 0) is 28.5 Å². The lowest BCUT2D eigenvalue weighted by Gasteiger charge is -2.43. The van der Waals surface area contributed by atoms with Crippen LogP contribution in [0.5, 0.6) is 0 Å². The number of carbonyl (C=O) groups excluding carboxylic acids is 2. The third-order valence-electron chi connectivity index (χ3n) is 6.81. The molecule has 44 heavy (non-hydrogen) atoms. The number of nitrogens with zero attached hydrogens (tertiary/aromatic N) is 4. The average Bonchev–Trinajstić information content (AvgIpc) is 2.92. The maximum absolute atomic E-state index is 14.5. The van der Waals surface area contributed by atoms with Crippen molar-refractivity contribution in [2.45, 2.75) is 38.8 Å². The van der Waals surface area contributed by atoms with Gasteiger partial charge in [0, 0.05) is 18.2 Å². The number of aliphatic hydroxyl groups is 1. The Balaban J connectivity index is 1.79. The summed E-state index contributed by atoms with van der Waals surface area (Å²) in [6, 6.07) is 4.35. The molecule has 4 rings (SSSR count). The van der Waals surface area contributed by atoms with Crippen LogP contribution in [0.4, 0.5) is 40.8 Å². The van der Waals surface area contributed by atoms with Crippen molar-refractivity contribution in [1.82, 2.24) is 20.0 Å². The third-order valence-corrected chi connectivity index (χ3v) is 6.81. The van der Waals surface area contributed by atoms with Crippen LogP contribution in [-0.4, -0.2) is 50.0 Å². The number of carbonyl (C=O) groups is 2. The fourth-order valence-electron chi connectivity index (χ4n) is 4.72. The summed E-state index contributed by atoms with van der Waals surface area (Å²) in [5.74, 6) is -6.15. The van der Waals surface area contributed by atoms with Crippen LogP contribution in [0.25, 0.3) is 11.3 Å². The van der Waals surface area contributed by atoms with Gasteiger partial charge in [-0.3, -0.25) is 14.6 Å². The van der Waals surface area contributed by atoms with Crippen LogP contribution in [0.2, 0.25) is 0 Å². The normalized spacial score (nSPS) is 16.6. The summed E-state index contributed by atoms with van der Waals surface area (Å²) in [4.78, 5) is 33.8. The smallest absolute Gasteiger partial charge is 0.433 e. The maximum Gasteiger partial charge on any atom is 0.433 e. The predicted octanol–water partition coefficient (Wildman–Crippen LogP) is 6.12. The first-order valence-corrected chi connectivity index (χ1v) is 12.7. The number of rotatable bonds is 6. The van der Waals surface area contributed by atoms with E-state index in [0.717, 1.165) is 17.1 Å². The molecule has 0 saturated carbocycles. The molecule has 0 saturated heterocycles. The van der Waals surface area contributed by atoms with Crippen molar-refractivity contribution in [3.05, 3.63) is 88.6 Å². The van der Waals surface area contributed by atoms with Crippen molar-refractivity contribution in [3.63, 3.8) is 0 Å². The minimum absolute atomic E-state index is 0.261. The molecule has 1 aliphatic rings. The number of aromatic nitrogens is 2. The van der Waals surface area contributed by atoms with E-state index in [0.29, 0.717) is 24.5 Å². The van der Waals surface area contributed by atoms with Crippen LogP contribution < -0.4 is 5.32 Å². The largest absolute Gasteiger partial charge is 0.510 e. The van der Waals surface area contributed by atoms with Gasteiger partial charge in [0.15, 0.2) is 11.6 Å². The molecule has 1 aromatic heterocycles. The molecular formula is C28H23F8N5O3. The van der Waals surface area contributed by atoms with E-state index in [9.17, 15) is 49.8 Å². The molecule has 16 heteroatoms. The fraction of sp³-hybridized carbons (Fsp3) is 0.286. The highest BCUT2D eigenvalue weighted by Crippen LogP contribution is 2.38. The molecule has 1 atom stereocenters. The first-order valence-electron chi connectivity index (χ1n) is 12.7. The zero-order chi connectivity index (χ0) is 32.7. The predicted molar refractivity (Wildman–Crippen MR) is 139 cm³/mol. The molecular weight excluding hydrogens is 606 g/mol. The van der Waals surface area contributed by atoms with Crippen LogP contribution >= 0.6 is 0 Å². The number of aliphatic hydroxyl groups excluding tert-OH is 1. The summed E-state index contributed by atoms with van der Waals surface area (Å²) in [7, 11) is 1.37. The van der Waals surface area contributed by atoms with Gasteiger partial charge in [-0.25, -0.2) is 23.8 Å². The average molecular weight is 630 g/mol. The Kier molecular flexibility index (Phi) is 8.68. The molecule has 0 aliphatic carbocycles. The van der Waals surface area contributed by atoms with Gasteiger partial charge in [0.2, 0.25) is 0 Å². The molecule has 8 nitrogen and oxygen atoms in total. The number of anilines is 1. The zero-order valence-corrected chi connectivity index (χ0v) is 23.1. The number of amides is 2. The van der Waals surface area contributed by atoms with Gasteiger partial charge in [-0.05, 0) is 36.2 Å². The van der Waals surface area contributed by atoms with Gasteiger partial charge in [-0.2, -0.15) is 26.3 Å². The Morgan fingerprint density at radius 2 is 1.70 bits per heavy atom. The van der Waals surface area contributed by atoms with Crippen molar-refractivity contribution >= 4 is 17.5 Å². The maximum atomic E-state index is 14.5. The Morgan fingerprint density at radius 3 is 2.32 bits per heavy atom. The molecule has 0 fully saturated rings. The topological polar surface area (TPSA) is 98.7 Å². The lowest BCUT2D eigenvalue weighted by atomic mass is 9.95. The highest BCUT2D eigenvalue weighted by molar-refractivity contribution is 6.24. The minimum Gasteiger partial charge on any atom is -0.510 e. The molecule has 234 valence electrons. The van der Waals surface area contributed by atoms with E-state index < -0.39 is 93.8 Å². The first kappa shape index (κ1) is 32.3. The second-order valence-corrected chi connectivity index (χ2v) is 10.1. The quantitative estimate of drug-likeness (QED) is 0.252. The molecule has 0 spiro atoms. The van der Waals surface area contributed by atoms with Crippen LogP contribution in [0.3, 0.4) is 0 Å². The molecule has 2 heterocycles. The number of halogens is 8. The standard InChI is InChI=1S/C28H23F8N5O3/c1-13(2)23-24(42)21(26(44)41(40(23)3)11-14-5-4-6-17(29)22(14)30)25(43)39-18-8-7-15(27(31,32)33)9-16(18)19-10-20(28(34,35)36)38-12-37-19/h4-10,12-13,23,42H,11H2,1-3H3,(H,39,43)/t23-/m1/s1. The fourth-order valence-corrected chi connectivity index (χ4v) is 4.72. The second-order valence-electron chi connectivity index (χ2n) is 10.1. The Bertz CT molecular complexity index is 1640. The van der Waals surface area contributed by atoms with Gasteiger partial charge >= 0.3 is 12.4 Å². The van der Waals surface area contributed by atoms with E-state index in [-0.39, 0.29) is 5.56 Å².